The van der Waals surface area contributed by atoms with Crippen LogP contribution in [0.5, 0.6) is 0 Å². The number of hydrogen-bond donors (Lipinski definition) is 2. The SMILES string of the molecule is C[C@H](Cc1ccco1)NC(=O)NCc1ncnn1C. The highest BCUT2D eigenvalue weighted by Crippen LogP contribution is 2.03. The molecule has 0 fully saturated rings. The van der Waals surface area contributed by atoms with Gasteiger partial charge in [0.2, 0.25) is 0 Å². The Balaban J connectivity index is 1.73. The fourth-order valence-electron chi connectivity index (χ4n) is 1.70. The van der Waals surface area contributed by atoms with Gasteiger partial charge < -0.3 is 15.1 Å². The van der Waals surface area contributed by atoms with Gasteiger partial charge in [-0.1, -0.05) is 0 Å². The molecule has 0 saturated carbocycles. The predicted molar refractivity (Wildman–Crippen MR) is 68.2 cm³/mol. The van der Waals surface area contributed by atoms with E-state index in [1.54, 1.807) is 18.0 Å². The average molecular weight is 263 g/mol. The molecule has 2 aromatic rings. The lowest BCUT2D eigenvalue weighted by Crippen LogP contribution is -2.41. The molecular weight excluding hydrogens is 246 g/mol. The second-order valence-electron chi connectivity index (χ2n) is 4.31. The molecule has 2 aromatic heterocycles. The number of urea groups is 1. The van der Waals surface area contributed by atoms with Crippen LogP contribution in [0, 0.1) is 0 Å². The number of aromatic nitrogens is 3. The largest absolute Gasteiger partial charge is 0.469 e. The summed E-state index contributed by atoms with van der Waals surface area (Å²) in [5.74, 6) is 1.55. The molecule has 0 unspecified atom stereocenters. The van der Waals surface area contributed by atoms with E-state index in [1.807, 2.05) is 19.1 Å². The highest BCUT2D eigenvalue weighted by atomic mass is 16.3. The number of nitrogens with zero attached hydrogens (tertiary/aromatic N) is 3. The maximum atomic E-state index is 11.7. The van der Waals surface area contributed by atoms with Crippen LogP contribution in [0.2, 0.25) is 0 Å². The van der Waals surface area contributed by atoms with Gasteiger partial charge in [0.05, 0.1) is 12.8 Å². The maximum absolute atomic E-state index is 11.7. The van der Waals surface area contributed by atoms with E-state index in [0.717, 1.165) is 5.76 Å². The van der Waals surface area contributed by atoms with Gasteiger partial charge in [-0.15, -0.1) is 0 Å². The first-order valence-corrected chi connectivity index (χ1v) is 6.05. The molecule has 2 N–H and O–H groups in total. The summed E-state index contributed by atoms with van der Waals surface area (Å²) in [4.78, 5) is 15.7. The van der Waals surface area contributed by atoms with Crippen LogP contribution in [-0.2, 0) is 20.0 Å². The predicted octanol–water partition coefficient (Wildman–Crippen LogP) is 0.838. The maximum Gasteiger partial charge on any atom is 0.315 e. The van der Waals surface area contributed by atoms with Gasteiger partial charge in [0.15, 0.2) is 0 Å². The second kappa shape index (κ2) is 6.03. The third kappa shape index (κ3) is 3.84. The molecule has 7 heteroatoms. The Labute approximate surface area is 111 Å². The van der Waals surface area contributed by atoms with Gasteiger partial charge in [0, 0.05) is 19.5 Å². The van der Waals surface area contributed by atoms with Crippen molar-refractivity contribution in [2.24, 2.45) is 7.05 Å². The van der Waals surface area contributed by atoms with Crippen molar-refractivity contribution in [1.29, 1.82) is 0 Å². The number of nitrogens with one attached hydrogen (secondary N) is 2. The van der Waals surface area contributed by atoms with Crippen molar-refractivity contribution >= 4 is 6.03 Å². The van der Waals surface area contributed by atoms with E-state index in [0.29, 0.717) is 18.8 Å². The fourth-order valence-corrected chi connectivity index (χ4v) is 1.70. The summed E-state index contributed by atoms with van der Waals surface area (Å²) in [6.07, 6.45) is 3.73. The number of furan rings is 1. The van der Waals surface area contributed by atoms with Crippen molar-refractivity contribution < 1.29 is 9.21 Å². The van der Waals surface area contributed by atoms with Crippen molar-refractivity contribution in [2.75, 3.05) is 0 Å². The van der Waals surface area contributed by atoms with E-state index >= 15 is 0 Å². The summed E-state index contributed by atoms with van der Waals surface area (Å²) in [6.45, 7) is 2.26. The zero-order valence-electron chi connectivity index (χ0n) is 11.0. The molecule has 0 aliphatic rings. The molecule has 102 valence electrons. The molecule has 2 rings (SSSR count). The van der Waals surface area contributed by atoms with Crippen molar-refractivity contribution in [3.8, 4) is 0 Å². The molecule has 0 aromatic carbocycles. The number of amides is 2. The van der Waals surface area contributed by atoms with Crippen LogP contribution in [0.15, 0.2) is 29.1 Å². The first-order chi connectivity index (χ1) is 9.15. The Bertz CT molecular complexity index is 520. The van der Waals surface area contributed by atoms with Gasteiger partial charge in [-0.25, -0.2) is 9.78 Å². The fraction of sp³-hybridized carbons (Fsp3) is 0.417. The summed E-state index contributed by atoms with van der Waals surface area (Å²) < 4.78 is 6.84. The smallest absolute Gasteiger partial charge is 0.315 e. The van der Waals surface area contributed by atoms with Gasteiger partial charge in [-0.3, -0.25) is 4.68 Å². The van der Waals surface area contributed by atoms with Crippen LogP contribution in [-0.4, -0.2) is 26.8 Å². The first kappa shape index (κ1) is 13.1. The van der Waals surface area contributed by atoms with Crippen LogP contribution in [0.4, 0.5) is 4.79 Å². The number of carbonyl (C=O) groups excluding carboxylic acids is 1. The Hall–Kier alpha value is -2.31. The molecule has 0 spiro atoms. The molecule has 0 saturated heterocycles. The minimum atomic E-state index is -0.234. The minimum Gasteiger partial charge on any atom is -0.469 e. The van der Waals surface area contributed by atoms with E-state index in [2.05, 4.69) is 20.7 Å². The van der Waals surface area contributed by atoms with E-state index < -0.39 is 0 Å². The molecule has 7 nitrogen and oxygen atoms in total. The molecule has 0 aliphatic carbocycles. The summed E-state index contributed by atoms with van der Waals surface area (Å²) in [7, 11) is 1.78. The van der Waals surface area contributed by atoms with Crippen LogP contribution >= 0.6 is 0 Å². The van der Waals surface area contributed by atoms with Gasteiger partial charge in [0.25, 0.3) is 0 Å². The number of rotatable bonds is 5. The van der Waals surface area contributed by atoms with E-state index in [9.17, 15) is 4.79 Å². The summed E-state index contributed by atoms with van der Waals surface area (Å²) in [5, 5.41) is 9.49. The Kier molecular flexibility index (Phi) is 4.17. The summed E-state index contributed by atoms with van der Waals surface area (Å²) in [6, 6.07) is 3.47. The zero-order valence-corrected chi connectivity index (χ0v) is 11.0. The third-order valence-electron chi connectivity index (χ3n) is 2.68. The monoisotopic (exact) mass is 263 g/mol. The standard InChI is InChI=1S/C12H17N5O2/c1-9(6-10-4-3-5-19-10)16-12(18)13-7-11-14-8-15-17(11)2/h3-5,8-9H,6-7H2,1-2H3,(H2,13,16,18)/t9-/m1/s1. The highest BCUT2D eigenvalue weighted by Gasteiger charge is 2.10. The van der Waals surface area contributed by atoms with Crippen LogP contribution in [0.3, 0.4) is 0 Å². The zero-order chi connectivity index (χ0) is 13.7. The van der Waals surface area contributed by atoms with Crippen molar-refractivity contribution in [1.82, 2.24) is 25.4 Å². The van der Waals surface area contributed by atoms with E-state index in [4.69, 9.17) is 4.42 Å². The average Bonchev–Trinajstić information content (AvgIpc) is 2.98. The summed E-state index contributed by atoms with van der Waals surface area (Å²) in [5.41, 5.74) is 0. The van der Waals surface area contributed by atoms with E-state index in [1.165, 1.54) is 6.33 Å². The van der Waals surface area contributed by atoms with E-state index in [-0.39, 0.29) is 12.1 Å². The molecular formula is C12H17N5O2. The quantitative estimate of drug-likeness (QED) is 0.837. The molecule has 0 aliphatic heterocycles. The lowest BCUT2D eigenvalue weighted by Gasteiger charge is -2.13. The van der Waals surface area contributed by atoms with Gasteiger partial charge >= 0.3 is 6.03 Å². The van der Waals surface area contributed by atoms with Crippen LogP contribution in [0.1, 0.15) is 18.5 Å². The van der Waals surface area contributed by atoms with Crippen molar-refractivity contribution in [3.05, 3.63) is 36.3 Å². The Morgan fingerprint density at radius 3 is 3.05 bits per heavy atom. The third-order valence-corrected chi connectivity index (χ3v) is 2.68. The Morgan fingerprint density at radius 1 is 1.58 bits per heavy atom. The number of carbonyl (C=O) groups is 1. The highest BCUT2D eigenvalue weighted by molar-refractivity contribution is 5.74. The molecule has 1 atom stereocenters. The van der Waals surface area contributed by atoms with Gasteiger partial charge in [0.1, 0.15) is 17.9 Å². The summed E-state index contributed by atoms with van der Waals surface area (Å²) >= 11 is 0. The van der Waals surface area contributed by atoms with Gasteiger partial charge in [-0.05, 0) is 19.1 Å². The van der Waals surface area contributed by atoms with Crippen molar-refractivity contribution in [2.45, 2.75) is 25.9 Å². The molecule has 0 bridgehead atoms. The normalized spacial score (nSPS) is 12.1. The van der Waals surface area contributed by atoms with Crippen LogP contribution in [0.25, 0.3) is 0 Å². The second-order valence-corrected chi connectivity index (χ2v) is 4.31. The minimum absolute atomic E-state index is 0.00866. The molecule has 2 heterocycles. The lowest BCUT2D eigenvalue weighted by atomic mass is 10.2. The number of aryl methyl sites for hydroxylation is 1. The first-order valence-electron chi connectivity index (χ1n) is 6.05. The van der Waals surface area contributed by atoms with Crippen molar-refractivity contribution in [3.63, 3.8) is 0 Å². The molecule has 2 amide bonds. The molecule has 0 radical (unpaired) electrons. The Morgan fingerprint density at radius 2 is 2.42 bits per heavy atom. The topological polar surface area (TPSA) is 85.0 Å². The van der Waals surface area contributed by atoms with Crippen LogP contribution < -0.4 is 10.6 Å². The van der Waals surface area contributed by atoms with Gasteiger partial charge in [-0.2, -0.15) is 5.10 Å². The lowest BCUT2D eigenvalue weighted by molar-refractivity contribution is 0.236. The number of hydrogen-bond acceptors (Lipinski definition) is 4. The molecule has 19 heavy (non-hydrogen) atoms.